The Balaban J connectivity index is 1.06. The van der Waals surface area contributed by atoms with Crippen LogP contribution < -0.4 is 0 Å². The highest BCUT2D eigenvalue weighted by molar-refractivity contribution is 7.39. The van der Waals surface area contributed by atoms with Crippen LogP contribution in [0.5, 0.6) is 0 Å². The molecule has 0 bridgehead atoms. The smallest absolute Gasteiger partial charge is 0.424 e. The lowest BCUT2D eigenvalue weighted by molar-refractivity contribution is -0.140. The lowest BCUT2D eigenvalue weighted by Crippen LogP contribution is -2.46. The van der Waals surface area contributed by atoms with Gasteiger partial charge in [0.2, 0.25) is 0 Å². The Hall–Kier alpha value is -7.04. The van der Waals surface area contributed by atoms with Gasteiger partial charge in [-0.2, -0.15) is 20.3 Å². The zero-order valence-corrected chi connectivity index (χ0v) is 36.3. The number of nitriles is 2. The van der Waals surface area contributed by atoms with E-state index < -0.39 is 41.2 Å². The molecule has 312 valence electrons. The number of imide groups is 6. The van der Waals surface area contributed by atoms with Gasteiger partial charge in [-0.3, -0.25) is 19.2 Å². The highest BCUT2D eigenvalue weighted by Gasteiger charge is 2.47. The first-order valence-corrected chi connectivity index (χ1v) is 22.5. The zero-order valence-electron chi connectivity index (χ0n) is 33.8. The van der Waals surface area contributed by atoms with Gasteiger partial charge < -0.3 is 9.47 Å². The summed E-state index contributed by atoms with van der Waals surface area (Å²) in [6.45, 7) is 2.74. The second kappa shape index (κ2) is 16.3. The number of nitrogens with zero attached hydrogens (tertiary/aromatic N) is 4. The van der Waals surface area contributed by atoms with Crippen molar-refractivity contribution >= 4 is 101 Å². The van der Waals surface area contributed by atoms with E-state index in [1.807, 2.05) is 24.3 Å². The minimum Gasteiger partial charge on any atom is -0.444 e. The highest BCUT2D eigenvalue weighted by atomic mass is 32.1. The molecule has 0 atom stereocenters. The normalized spacial score (nSPS) is 18.8. The average molecular weight is 891 g/mol. The summed E-state index contributed by atoms with van der Waals surface area (Å²) in [5.41, 5.74) is 2.79. The molecule has 12 nitrogen and oxygen atoms in total. The quantitative estimate of drug-likeness (QED) is 0.118. The van der Waals surface area contributed by atoms with Crippen LogP contribution in [0, 0.1) is 22.7 Å². The molecule has 1 saturated carbocycles. The fraction of sp³-hybridized carbons (Fsp3) is 0.208. The lowest BCUT2D eigenvalue weighted by Gasteiger charge is -2.37. The predicted molar refractivity (Wildman–Crippen MR) is 237 cm³/mol. The SMILES string of the molecule is CC1=C(C#N)C(=O)N(C(=O)OCc2ccccc2)C(=O)/C1=C/C1=Cc2sc3c(sc4cc(/C=C5/C(=O)N(C(=O)OCc6ccccc6)C(=O)C(C#N)=C5C)sc43)c2C12CCCCC2. The van der Waals surface area contributed by atoms with Gasteiger partial charge in [0.25, 0.3) is 23.6 Å². The molecular weight excluding hydrogens is 857 g/mol. The molecule has 63 heavy (non-hydrogen) atoms. The summed E-state index contributed by atoms with van der Waals surface area (Å²) in [5.74, 6) is -3.78. The van der Waals surface area contributed by atoms with Gasteiger partial charge in [0.15, 0.2) is 0 Å². The van der Waals surface area contributed by atoms with Gasteiger partial charge >= 0.3 is 12.2 Å². The third kappa shape index (κ3) is 6.95. The third-order valence-corrected chi connectivity index (χ3v) is 15.7. The zero-order chi connectivity index (χ0) is 44.2. The fourth-order valence-corrected chi connectivity index (χ4v) is 13.1. The van der Waals surface area contributed by atoms with Crippen molar-refractivity contribution in [3.8, 4) is 12.1 Å². The van der Waals surface area contributed by atoms with Crippen LogP contribution in [0.3, 0.4) is 0 Å². The number of amides is 6. The van der Waals surface area contributed by atoms with E-state index >= 15 is 0 Å². The molecule has 0 saturated heterocycles. The summed E-state index contributed by atoms with van der Waals surface area (Å²) in [6.07, 6.45) is 7.68. The molecule has 5 heterocycles. The largest absolute Gasteiger partial charge is 0.444 e. The molecule has 0 unspecified atom stereocenters. The Bertz CT molecular complexity index is 3110. The Morgan fingerprint density at radius 3 is 1.73 bits per heavy atom. The number of carbonyl (C=O) groups is 6. The summed E-state index contributed by atoms with van der Waals surface area (Å²) in [7, 11) is 0. The maximum atomic E-state index is 14.1. The average Bonchev–Trinajstić information content (AvgIpc) is 4.01. The number of hydrogen-bond acceptors (Lipinski definition) is 13. The van der Waals surface area contributed by atoms with Crippen molar-refractivity contribution in [2.45, 2.75) is 64.6 Å². The summed E-state index contributed by atoms with van der Waals surface area (Å²) >= 11 is 4.70. The van der Waals surface area contributed by atoms with Crippen molar-refractivity contribution in [2.24, 2.45) is 0 Å². The standard InChI is InChI=1S/C48H34N4O8S3/c1-26-32(42(53)51(44(55)34(26)22-49)46(57)59-24-28-12-6-3-7-13-28)18-30-19-36-38(48(30)16-10-5-11-17-48)40-41(62-36)39-37(63-40)21-31(61-39)20-33-27(2)35(23-50)45(56)52(43(33)54)47(58)60-25-29-14-8-4-9-15-29/h3-4,6-9,12-15,18-21H,5,10-11,16-17,24-25H2,1-2H3/b32-18+,33-20+. The third-order valence-electron chi connectivity index (χ3n) is 11.9. The van der Waals surface area contributed by atoms with Gasteiger partial charge in [-0.05, 0) is 84.4 Å². The molecule has 6 amide bonds. The van der Waals surface area contributed by atoms with E-state index in [2.05, 4.69) is 6.08 Å². The van der Waals surface area contributed by atoms with Gasteiger partial charge in [-0.15, -0.1) is 34.0 Å². The number of fused-ring (bicyclic) bond motifs is 6. The number of allylic oxidation sites excluding steroid dienone is 2. The minimum absolute atomic E-state index is 0.0364. The molecule has 0 N–H and O–H groups in total. The van der Waals surface area contributed by atoms with Gasteiger partial charge in [0, 0.05) is 31.0 Å². The van der Waals surface area contributed by atoms with Crippen LogP contribution in [0.15, 0.2) is 112 Å². The van der Waals surface area contributed by atoms with Gasteiger partial charge in [0.05, 0.1) is 14.1 Å². The van der Waals surface area contributed by atoms with Crippen molar-refractivity contribution in [3.05, 3.63) is 138 Å². The van der Waals surface area contributed by atoms with Crippen LogP contribution in [0.25, 0.3) is 31.0 Å². The maximum Gasteiger partial charge on any atom is 0.424 e. The molecular formula is C48H34N4O8S3. The maximum absolute atomic E-state index is 14.1. The molecule has 0 radical (unpaired) electrons. The monoisotopic (exact) mass is 890 g/mol. The fourth-order valence-electron chi connectivity index (χ4n) is 8.70. The van der Waals surface area contributed by atoms with E-state index in [1.165, 1.54) is 23.8 Å². The van der Waals surface area contributed by atoms with Crippen LogP contribution in [-0.2, 0) is 47.3 Å². The van der Waals surface area contributed by atoms with Crippen molar-refractivity contribution in [1.29, 1.82) is 10.5 Å². The summed E-state index contributed by atoms with van der Waals surface area (Å²) in [4.78, 5) is 83.5. The molecule has 2 aromatic carbocycles. The van der Waals surface area contributed by atoms with Gasteiger partial charge in [-0.1, -0.05) is 79.9 Å². The number of thiophene rings is 3. The topological polar surface area (TPSA) is 175 Å². The summed E-state index contributed by atoms with van der Waals surface area (Å²) in [5, 5.41) is 20.0. The van der Waals surface area contributed by atoms with Crippen molar-refractivity contribution in [1.82, 2.24) is 9.80 Å². The Morgan fingerprint density at radius 2 is 1.21 bits per heavy atom. The van der Waals surface area contributed by atoms with Crippen LogP contribution >= 0.6 is 34.0 Å². The molecule has 1 fully saturated rings. The predicted octanol–water partition coefficient (Wildman–Crippen LogP) is 10.2. The second-order valence-corrected chi connectivity index (χ2v) is 18.7. The summed E-state index contributed by atoms with van der Waals surface area (Å²) < 4.78 is 14.9. The first-order valence-electron chi connectivity index (χ1n) is 20.0. The Labute approximate surface area is 372 Å². The van der Waals surface area contributed by atoms with Crippen molar-refractivity contribution in [2.75, 3.05) is 0 Å². The van der Waals surface area contributed by atoms with Gasteiger partial charge in [0.1, 0.15) is 36.5 Å². The van der Waals surface area contributed by atoms with Crippen LogP contribution in [0.1, 0.15) is 72.4 Å². The summed E-state index contributed by atoms with van der Waals surface area (Å²) in [6, 6.07) is 23.4. The van der Waals surface area contributed by atoms with E-state index in [9.17, 15) is 39.3 Å². The van der Waals surface area contributed by atoms with Gasteiger partial charge in [-0.25, -0.2) is 9.59 Å². The highest BCUT2D eigenvalue weighted by Crippen LogP contribution is 2.60. The van der Waals surface area contributed by atoms with E-state index in [-0.39, 0.29) is 46.7 Å². The van der Waals surface area contributed by atoms with Crippen molar-refractivity contribution < 1.29 is 38.2 Å². The van der Waals surface area contributed by atoms with E-state index in [0.29, 0.717) is 25.8 Å². The molecule has 1 spiro atoms. The van der Waals surface area contributed by atoms with E-state index in [4.69, 9.17) is 9.47 Å². The minimum atomic E-state index is -1.17. The number of ether oxygens (including phenoxy) is 2. The molecule has 3 aromatic heterocycles. The number of hydrogen-bond donors (Lipinski definition) is 0. The van der Waals surface area contributed by atoms with E-state index in [1.54, 1.807) is 96.3 Å². The number of rotatable bonds is 6. The van der Waals surface area contributed by atoms with Crippen LogP contribution in [0.4, 0.5) is 9.59 Å². The van der Waals surface area contributed by atoms with E-state index in [0.717, 1.165) is 61.4 Å². The number of benzene rings is 2. The molecule has 2 aliphatic carbocycles. The number of carbonyl (C=O) groups excluding carboxylic acids is 6. The molecule has 15 heteroatoms. The van der Waals surface area contributed by atoms with Crippen LogP contribution in [-0.4, -0.2) is 45.6 Å². The first kappa shape index (κ1) is 41.3. The Kier molecular flexibility index (Phi) is 10.7. The molecule has 2 aliphatic heterocycles. The second-order valence-electron chi connectivity index (χ2n) is 15.5. The molecule has 9 rings (SSSR count). The molecule has 5 aromatic rings. The first-order chi connectivity index (χ1) is 30.4. The van der Waals surface area contributed by atoms with Crippen LogP contribution in [0.2, 0.25) is 0 Å². The lowest BCUT2D eigenvalue weighted by atomic mass is 9.67. The Morgan fingerprint density at radius 1 is 0.683 bits per heavy atom. The molecule has 4 aliphatic rings. The van der Waals surface area contributed by atoms with Crippen molar-refractivity contribution in [3.63, 3.8) is 0 Å².